The first-order chi connectivity index (χ1) is 13.2. The lowest BCUT2D eigenvalue weighted by Gasteiger charge is -2.23. The zero-order chi connectivity index (χ0) is 18.6. The molecule has 9 heteroatoms. The van der Waals surface area contributed by atoms with E-state index in [-0.39, 0.29) is 5.91 Å². The zero-order valence-corrected chi connectivity index (χ0v) is 15.8. The molecule has 1 atom stereocenters. The number of carbonyl (C=O) groups is 1. The van der Waals surface area contributed by atoms with Crippen molar-refractivity contribution in [1.29, 1.82) is 0 Å². The fraction of sp³-hybridized carbons (Fsp3) is 0.722. The van der Waals surface area contributed by atoms with E-state index >= 15 is 0 Å². The average molecular weight is 373 g/mol. The smallest absolute Gasteiger partial charge is 0.275 e. The van der Waals surface area contributed by atoms with Gasteiger partial charge in [0.05, 0.1) is 6.20 Å². The number of aromatic nitrogens is 5. The summed E-state index contributed by atoms with van der Waals surface area (Å²) >= 11 is 0. The lowest BCUT2D eigenvalue weighted by molar-refractivity contribution is 0.0790. The molecular formula is C18H27N7O2. The molecule has 2 aliphatic rings. The van der Waals surface area contributed by atoms with Crippen molar-refractivity contribution < 1.29 is 9.32 Å². The highest BCUT2D eigenvalue weighted by molar-refractivity contribution is 5.91. The fourth-order valence-corrected chi connectivity index (χ4v) is 3.39. The SMILES string of the molecule is CN(CCc1noc(C2CC2)n1)C(=O)c1cn(CCC2CCCCN2)nn1. The molecule has 2 aromatic heterocycles. The van der Waals surface area contributed by atoms with Crippen LogP contribution >= 0.6 is 0 Å². The normalized spacial score (nSPS) is 20.0. The van der Waals surface area contributed by atoms with E-state index in [1.807, 2.05) is 0 Å². The Bertz CT molecular complexity index is 761. The molecule has 1 aliphatic heterocycles. The van der Waals surface area contributed by atoms with Gasteiger partial charge < -0.3 is 14.7 Å². The molecule has 2 aromatic rings. The van der Waals surface area contributed by atoms with Gasteiger partial charge in [-0.1, -0.05) is 16.8 Å². The maximum atomic E-state index is 12.5. The van der Waals surface area contributed by atoms with Crippen molar-refractivity contribution in [2.24, 2.45) is 0 Å². The summed E-state index contributed by atoms with van der Waals surface area (Å²) in [6.07, 6.45) is 9.33. The van der Waals surface area contributed by atoms with Gasteiger partial charge in [0.1, 0.15) is 0 Å². The summed E-state index contributed by atoms with van der Waals surface area (Å²) in [4.78, 5) is 18.6. The number of amides is 1. The first-order valence-electron chi connectivity index (χ1n) is 9.90. The van der Waals surface area contributed by atoms with Crippen molar-refractivity contribution in [3.8, 4) is 0 Å². The van der Waals surface area contributed by atoms with Crippen LogP contribution in [0.3, 0.4) is 0 Å². The third kappa shape index (κ3) is 4.71. The average Bonchev–Trinajstić information content (AvgIpc) is 3.26. The molecule has 2 fully saturated rings. The van der Waals surface area contributed by atoms with Crippen LogP contribution in [0.4, 0.5) is 0 Å². The highest BCUT2D eigenvalue weighted by Gasteiger charge is 2.29. The van der Waals surface area contributed by atoms with Crippen molar-refractivity contribution in [3.63, 3.8) is 0 Å². The van der Waals surface area contributed by atoms with Gasteiger partial charge in [-0.15, -0.1) is 5.10 Å². The summed E-state index contributed by atoms with van der Waals surface area (Å²) in [6, 6.07) is 0.542. The monoisotopic (exact) mass is 373 g/mol. The van der Waals surface area contributed by atoms with Crippen LogP contribution in [0.25, 0.3) is 0 Å². The summed E-state index contributed by atoms with van der Waals surface area (Å²) in [7, 11) is 1.76. The Kier molecular flexibility index (Phi) is 5.47. The van der Waals surface area contributed by atoms with E-state index < -0.39 is 0 Å². The van der Waals surface area contributed by atoms with Crippen molar-refractivity contribution in [1.82, 2.24) is 35.4 Å². The lowest BCUT2D eigenvalue weighted by Crippen LogP contribution is -2.34. The molecule has 1 N–H and O–H groups in total. The van der Waals surface area contributed by atoms with Gasteiger partial charge in [-0.05, 0) is 38.6 Å². The molecule has 146 valence electrons. The summed E-state index contributed by atoms with van der Waals surface area (Å²) in [6.45, 7) is 2.38. The molecule has 1 saturated carbocycles. The predicted octanol–water partition coefficient (Wildman–Crippen LogP) is 1.39. The molecule has 1 aliphatic carbocycles. The first kappa shape index (κ1) is 18.1. The largest absolute Gasteiger partial charge is 0.340 e. The fourth-order valence-electron chi connectivity index (χ4n) is 3.39. The lowest BCUT2D eigenvalue weighted by atomic mass is 10.0. The molecule has 4 rings (SSSR count). The number of hydrogen-bond donors (Lipinski definition) is 1. The minimum absolute atomic E-state index is 0.136. The van der Waals surface area contributed by atoms with E-state index in [1.54, 1.807) is 22.8 Å². The number of nitrogens with zero attached hydrogens (tertiary/aromatic N) is 6. The maximum absolute atomic E-state index is 12.5. The second-order valence-electron chi connectivity index (χ2n) is 7.60. The topological polar surface area (TPSA) is 102 Å². The Hall–Kier alpha value is -2.29. The van der Waals surface area contributed by atoms with E-state index in [2.05, 4.69) is 25.8 Å². The van der Waals surface area contributed by atoms with E-state index in [4.69, 9.17) is 4.52 Å². The molecule has 0 spiro atoms. The van der Waals surface area contributed by atoms with Gasteiger partial charge >= 0.3 is 0 Å². The highest BCUT2D eigenvalue weighted by atomic mass is 16.5. The molecule has 27 heavy (non-hydrogen) atoms. The number of carbonyl (C=O) groups excluding carboxylic acids is 1. The number of piperidine rings is 1. The van der Waals surface area contributed by atoms with Crippen LogP contribution in [-0.2, 0) is 13.0 Å². The van der Waals surface area contributed by atoms with Crippen LogP contribution in [0, 0.1) is 0 Å². The van der Waals surface area contributed by atoms with Crippen molar-refractivity contribution >= 4 is 5.91 Å². The number of rotatable bonds is 8. The Morgan fingerprint density at radius 1 is 1.37 bits per heavy atom. The molecule has 1 saturated heterocycles. The van der Waals surface area contributed by atoms with Crippen LogP contribution in [0.2, 0.25) is 0 Å². The van der Waals surface area contributed by atoms with Gasteiger partial charge in [0.25, 0.3) is 5.91 Å². The predicted molar refractivity (Wildman–Crippen MR) is 97.2 cm³/mol. The summed E-state index contributed by atoms with van der Waals surface area (Å²) < 4.78 is 7.01. The molecule has 3 heterocycles. The molecule has 9 nitrogen and oxygen atoms in total. The van der Waals surface area contributed by atoms with Gasteiger partial charge in [-0.3, -0.25) is 9.48 Å². The Morgan fingerprint density at radius 3 is 3.04 bits per heavy atom. The third-order valence-corrected chi connectivity index (χ3v) is 5.30. The van der Waals surface area contributed by atoms with Crippen LogP contribution in [0.1, 0.15) is 66.6 Å². The maximum Gasteiger partial charge on any atom is 0.275 e. The van der Waals surface area contributed by atoms with E-state index in [0.29, 0.717) is 36.4 Å². The number of aryl methyl sites for hydroxylation is 1. The highest BCUT2D eigenvalue weighted by Crippen LogP contribution is 2.38. The minimum atomic E-state index is -0.136. The van der Waals surface area contributed by atoms with Crippen LogP contribution in [-0.4, -0.2) is 62.1 Å². The Labute approximate surface area is 158 Å². The second-order valence-corrected chi connectivity index (χ2v) is 7.60. The number of nitrogens with one attached hydrogen (secondary N) is 1. The molecule has 1 amide bonds. The number of likely N-dealkylation sites (N-methyl/N-ethyl adjacent to an activating group) is 1. The molecule has 0 aromatic carbocycles. The van der Waals surface area contributed by atoms with Gasteiger partial charge in [0.2, 0.25) is 5.89 Å². The zero-order valence-electron chi connectivity index (χ0n) is 15.8. The van der Waals surface area contributed by atoms with Crippen LogP contribution < -0.4 is 5.32 Å². The quantitative estimate of drug-likeness (QED) is 0.746. The third-order valence-electron chi connectivity index (χ3n) is 5.30. The Balaban J connectivity index is 1.24. The van der Waals surface area contributed by atoms with E-state index in [1.165, 1.54) is 19.3 Å². The summed E-state index contributed by atoms with van der Waals surface area (Å²) in [5.41, 5.74) is 0.376. The first-order valence-corrected chi connectivity index (χ1v) is 9.90. The van der Waals surface area contributed by atoms with Gasteiger partial charge in [0, 0.05) is 38.5 Å². The van der Waals surface area contributed by atoms with Gasteiger partial charge in [0.15, 0.2) is 11.5 Å². The molecule has 1 unspecified atom stereocenters. The molecule has 0 bridgehead atoms. The van der Waals surface area contributed by atoms with Gasteiger partial charge in [-0.25, -0.2) is 0 Å². The molecule has 0 radical (unpaired) electrons. The van der Waals surface area contributed by atoms with Gasteiger partial charge in [-0.2, -0.15) is 4.98 Å². The standard InChI is InChI=1S/C18H27N7O2/c1-24(10-8-16-20-17(27-22-16)13-5-6-13)18(26)15-12-25(23-21-15)11-7-14-4-2-3-9-19-14/h12-14,19H,2-11H2,1H3. The van der Waals surface area contributed by atoms with Crippen molar-refractivity contribution in [2.45, 2.75) is 63.5 Å². The van der Waals surface area contributed by atoms with E-state index in [9.17, 15) is 4.79 Å². The van der Waals surface area contributed by atoms with Crippen molar-refractivity contribution in [3.05, 3.63) is 23.6 Å². The van der Waals surface area contributed by atoms with Crippen LogP contribution in [0.15, 0.2) is 10.7 Å². The van der Waals surface area contributed by atoms with E-state index in [0.717, 1.165) is 38.2 Å². The minimum Gasteiger partial charge on any atom is -0.340 e. The summed E-state index contributed by atoms with van der Waals surface area (Å²) in [5, 5.41) is 15.7. The summed E-state index contributed by atoms with van der Waals surface area (Å²) in [5.74, 6) is 1.70. The Morgan fingerprint density at radius 2 is 2.26 bits per heavy atom. The second kappa shape index (κ2) is 8.16. The van der Waals surface area contributed by atoms with Crippen LogP contribution in [0.5, 0.6) is 0 Å². The van der Waals surface area contributed by atoms with Crippen molar-refractivity contribution in [2.75, 3.05) is 20.1 Å². The number of hydrogen-bond acceptors (Lipinski definition) is 7. The molecular weight excluding hydrogens is 346 g/mol.